The van der Waals surface area contributed by atoms with Crippen LogP contribution in [0.3, 0.4) is 0 Å². The van der Waals surface area contributed by atoms with Gasteiger partial charge < -0.3 is 4.74 Å². The van der Waals surface area contributed by atoms with Crippen molar-refractivity contribution >= 4 is 17.8 Å². The summed E-state index contributed by atoms with van der Waals surface area (Å²) in [5.74, 6) is -1.19. The predicted octanol–water partition coefficient (Wildman–Crippen LogP) is 2.81. The topological polar surface area (TPSA) is 75.7 Å². The molecule has 2 aliphatic heterocycles. The van der Waals surface area contributed by atoms with Crippen LogP contribution in [0.15, 0.2) is 24.3 Å². The van der Waals surface area contributed by atoms with E-state index in [2.05, 4.69) is 10.2 Å². The summed E-state index contributed by atoms with van der Waals surface area (Å²) in [5, 5.41) is 2.08. The van der Waals surface area contributed by atoms with Gasteiger partial charge in [0.1, 0.15) is 5.60 Å². The Labute approximate surface area is 170 Å². The minimum absolute atomic E-state index is 0.0000986. The molecule has 29 heavy (non-hydrogen) atoms. The quantitative estimate of drug-likeness (QED) is 0.617. The minimum Gasteiger partial charge on any atom is -0.459 e. The summed E-state index contributed by atoms with van der Waals surface area (Å²) in [7, 11) is 0. The molecule has 0 saturated carbocycles. The zero-order valence-corrected chi connectivity index (χ0v) is 17.3. The molecule has 2 amide bonds. The molecule has 3 rings (SSSR count). The Morgan fingerprint density at radius 2 is 1.83 bits per heavy atom. The average molecular weight is 404 g/mol. The van der Waals surface area contributed by atoms with Gasteiger partial charge >= 0.3 is 5.97 Å². The molecule has 6 nitrogen and oxygen atoms in total. The maximum absolute atomic E-state index is 15.1. The second-order valence-corrected chi connectivity index (χ2v) is 8.94. The van der Waals surface area contributed by atoms with E-state index in [4.69, 9.17) is 4.74 Å². The lowest BCUT2D eigenvalue weighted by atomic mass is 9.84. The molecule has 2 heterocycles. The molecule has 2 fully saturated rings. The van der Waals surface area contributed by atoms with Crippen LogP contribution in [0.2, 0.25) is 0 Å². The van der Waals surface area contributed by atoms with Gasteiger partial charge in [0.25, 0.3) is 5.91 Å². The Bertz CT molecular complexity index is 779. The van der Waals surface area contributed by atoms with Crippen molar-refractivity contribution in [2.24, 2.45) is 0 Å². The van der Waals surface area contributed by atoms with E-state index in [1.807, 2.05) is 32.9 Å². The Morgan fingerprint density at radius 3 is 2.38 bits per heavy atom. The highest BCUT2D eigenvalue weighted by Crippen LogP contribution is 2.36. The molecule has 7 heteroatoms. The van der Waals surface area contributed by atoms with Crippen molar-refractivity contribution in [2.75, 3.05) is 19.6 Å². The van der Waals surface area contributed by atoms with Crippen molar-refractivity contribution in [3.63, 3.8) is 0 Å². The molecule has 0 bridgehead atoms. The molecular formula is C22H29FN2O4. The number of carbonyl (C=O) groups is 3. The first kappa shape index (κ1) is 21.4. The van der Waals surface area contributed by atoms with Crippen molar-refractivity contribution in [1.82, 2.24) is 10.2 Å². The van der Waals surface area contributed by atoms with Gasteiger partial charge in [-0.3, -0.25) is 24.6 Å². The maximum atomic E-state index is 15.1. The van der Waals surface area contributed by atoms with Crippen LogP contribution in [0.25, 0.3) is 0 Å². The van der Waals surface area contributed by atoms with Crippen molar-refractivity contribution in [3.05, 3.63) is 35.4 Å². The molecule has 0 radical (unpaired) electrons. The number of imide groups is 1. The van der Waals surface area contributed by atoms with E-state index in [1.54, 1.807) is 12.1 Å². The first-order valence-corrected chi connectivity index (χ1v) is 10.1. The van der Waals surface area contributed by atoms with E-state index < -0.39 is 23.1 Å². The van der Waals surface area contributed by atoms with E-state index in [-0.39, 0.29) is 24.4 Å². The van der Waals surface area contributed by atoms with Gasteiger partial charge in [-0.15, -0.1) is 0 Å². The number of esters is 1. The fourth-order valence-electron chi connectivity index (χ4n) is 3.96. The van der Waals surface area contributed by atoms with E-state index >= 15 is 4.39 Å². The molecule has 1 aromatic carbocycles. The van der Waals surface area contributed by atoms with E-state index in [9.17, 15) is 14.4 Å². The number of nitrogens with one attached hydrogen (secondary N) is 1. The Balaban J connectivity index is 1.56. The summed E-state index contributed by atoms with van der Waals surface area (Å²) in [5.41, 5.74) is -1.24. The lowest BCUT2D eigenvalue weighted by molar-refractivity contribution is -0.156. The molecule has 158 valence electrons. The number of alkyl halides is 1. The summed E-state index contributed by atoms with van der Waals surface area (Å²) < 4.78 is 20.5. The summed E-state index contributed by atoms with van der Waals surface area (Å²) >= 11 is 0. The number of piperidine rings is 2. The van der Waals surface area contributed by atoms with Gasteiger partial charge in [0.15, 0.2) is 0 Å². The fourth-order valence-corrected chi connectivity index (χ4v) is 3.96. The number of nitrogens with zero attached hydrogens (tertiary/aromatic N) is 1. The summed E-state index contributed by atoms with van der Waals surface area (Å²) in [6.45, 7) is 7.46. The summed E-state index contributed by atoms with van der Waals surface area (Å²) in [6, 6.07) is 7.04. The number of rotatable bonds is 4. The van der Waals surface area contributed by atoms with Crippen LogP contribution in [0.1, 0.15) is 63.5 Å². The number of ether oxygens (including phenoxy) is 1. The molecule has 1 unspecified atom stereocenters. The number of likely N-dealkylation sites (tertiary alicyclic amines) is 1. The SMILES string of the molecule is CC(C)(C)OC(=O)CN1CCC(c2ccc(C3(F)CCC(=O)NC3=O)cc2)CC1. The number of benzene rings is 1. The standard InChI is InChI=1S/C22H29FN2O4/c1-21(2,3)29-19(27)14-25-12-9-16(10-13-25)15-4-6-17(7-5-15)22(23)11-8-18(26)24-20(22)28/h4-7,16H,8-14H2,1-3H3,(H,24,26,28). The van der Waals surface area contributed by atoms with Crippen molar-refractivity contribution in [1.29, 1.82) is 0 Å². The Kier molecular flexibility index (Phi) is 6.08. The number of hydrogen-bond donors (Lipinski definition) is 1. The van der Waals surface area contributed by atoms with Crippen LogP contribution in [0, 0.1) is 0 Å². The average Bonchev–Trinajstić information content (AvgIpc) is 2.64. The van der Waals surface area contributed by atoms with Gasteiger partial charge in [-0.2, -0.15) is 0 Å². The van der Waals surface area contributed by atoms with E-state index in [0.29, 0.717) is 12.5 Å². The van der Waals surface area contributed by atoms with Gasteiger partial charge in [0.05, 0.1) is 6.54 Å². The van der Waals surface area contributed by atoms with Crippen molar-refractivity contribution in [3.8, 4) is 0 Å². The molecule has 1 aromatic rings. The Hall–Kier alpha value is -2.28. The van der Waals surface area contributed by atoms with Gasteiger partial charge in [-0.05, 0) is 63.7 Å². The highest BCUT2D eigenvalue weighted by Gasteiger charge is 2.44. The summed E-state index contributed by atoms with van der Waals surface area (Å²) in [4.78, 5) is 37.3. The van der Waals surface area contributed by atoms with Crippen LogP contribution in [-0.4, -0.2) is 47.9 Å². The van der Waals surface area contributed by atoms with Gasteiger partial charge in [0, 0.05) is 12.8 Å². The third-order valence-electron chi connectivity index (χ3n) is 5.51. The molecule has 0 aliphatic carbocycles. The second-order valence-electron chi connectivity index (χ2n) is 8.94. The summed E-state index contributed by atoms with van der Waals surface area (Å²) in [6.07, 6.45) is 1.68. The monoisotopic (exact) mass is 404 g/mol. The van der Waals surface area contributed by atoms with Crippen LogP contribution < -0.4 is 5.32 Å². The minimum atomic E-state index is -2.15. The molecule has 0 spiro atoms. The van der Waals surface area contributed by atoms with Gasteiger partial charge in [-0.25, -0.2) is 4.39 Å². The second kappa shape index (κ2) is 8.22. The first-order valence-electron chi connectivity index (χ1n) is 10.1. The van der Waals surface area contributed by atoms with Crippen molar-refractivity contribution < 1.29 is 23.5 Å². The molecular weight excluding hydrogens is 375 g/mol. The number of halogens is 1. The zero-order valence-electron chi connectivity index (χ0n) is 17.3. The van der Waals surface area contributed by atoms with Crippen LogP contribution >= 0.6 is 0 Å². The smallest absolute Gasteiger partial charge is 0.320 e. The van der Waals surface area contributed by atoms with Crippen LogP contribution in [0.5, 0.6) is 0 Å². The molecule has 2 saturated heterocycles. The lowest BCUT2D eigenvalue weighted by Crippen LogP contribution is -2.49. The Morgan fingerprint density at radius 1 is 1.21 bits per heavy atom. The first-order chi connectivity index (χ1) is 13.6. The third kappa shape index (κ3) is 5.21. The van der Waals surface area contributed by atoms with E-state index in [0.717, 1.165) is 31.5 Å². The fraction of sp³-hybridized carbons (Fsp3) is 0.591. The molecule has 0 aromatic heterocycles. The van der Waals surface area contributed by atoms with Gasteiger partial charge in [0.2, 0.25) is 11.6 Å². The predicted molar refractivity (Wildman–Crippen MR) is 106 cm³/mol. The number of carbonyl (C=O) groups excluding carboxylic acids is 3. The normalized spacial score (nSPS) is 24.3. The maximum Gasteiger partial charge on any atom is 0.320 e. The van der Waals surface area contributed by atoms with Crippen LogP contribution in [0.4, 0.5) is 4.39 Å². The van der Waals surface area contributed by atoms with E-state index in [1.165, 1.54) is 0 Å². The van der Waals surface area contributed by atoms with Crippen LogP contribution in [-0.2, 0) is 24.8 Å². The highest BCUT2D eigenvalue weighted by molar-refractivity contribution is 6.02. The van der Waals surface area contributed by atoms with Gasteiger partial charge in [-0.1, -0.05) is 24.3 Å². The lowest BCUT2D eigenvalue weighted by Gasteiger charge is -2.32. The zero-order chi connectivity index (χ0) is 21.2. The third-order valence-corrected chi connectivity index (χ3v) is 5.51. The molecule has 1 atom stereocenters. The molecule has 1 N–H and O–H groups in total. The highest BCUT2D eigenvalue weighted by atomic mass is 19.1. The number of hydrogen-bond acceptors (Lipinski definition) is 5. The largest absolute Gasteiger partial charge is 0.459 e. The molecule has 2 aliphatic rings. The van der Waals surface area contributed by atoms with Crippen molar-refractivity contribution in [2.45, 2.75) is 63.6 Å². The number of amides is 2.